The Balaban J connectivity index is 1.54. The van der Waals surface area contributed by atoms with Crippen LogP contribution in [-0.2, 0) is 6.54 Å². The molecule has 0 spiro atoms. The first-order chi connectivity index (χ1) is 9.74. The van der Waals surface area contributed by atoms with E-state index in [9.17, 15) is 0 Å². The lowest BCUT2D eigenvalue weighted by Gasteiger charge is -2.46. The SMILES string of the molecule is CC1CC(N(C)C2CCC2)CCN1Cc1ccccc1. The zero-order valence-electron chi connectivity index (χ0n) is 13.0. The van der Waals surface area contributed by atoms with E-state index in [1.54, 1.807) is 0 Å². The number of nitrogens with zero attached hydrogens (tertiary/aromatic N) is 2. The van der Waals surface area contributed by atoms with E-state index in [1.165, 1.54) is 44.2 Å². The largest absolute Gasteiger partial charge is 0.300 e. The number of benzene rings is 1. The molecule has 1 saturated heterocycles. The smallest absolute Gasteiger partial charge is 0.0236 e. The molecule has 2 heteroatoms. The summed E-state index contributed by atoms with van der Waals surface area (Å²) >= 11 is 0. The summed E-state index contributed by atoms with van der Waals surface area (Å²) in [7, 11) is 2.36. The average Bonchev–Trinajstić information content (AvgIpc) is 2.40. The van der Waals surface area contributed by atoms with Gasteiger partial charge in [-0.2, -0.15) is 0 Å². The number of hydrogen-bond donors (Lipinski definition) is 0. The van der Waals surface area contributed by atoms with Gasteiger partial charge in [0, 0.05) is 31.2 Å². The molecule has 0 bridgehead atoms. The third kappa shape index (κ3) is 3.07. The molecule has 0 N–H and O–H groups in total. The predicted octanol–water partition coefficient (Wildman–Crippen LogP) is 3.52. The van der Waals surface area contributed by atoms with Crippen LogP contribution < -0.4 is 0 Å². The van der Waals surface area contributed by atoms with Gasteiger partial charge in [0.05, 0.1) is 0 Å². The van der Waals surface area contributed by atoms with Crippen molar-refractivity contribution >= 4 is 0 Å². The lowest BCUT2D eigenvalue weighted by Crippen LogP contribution is -2.51. The number of piperidine rings is 1. The van der Waals surface area contributed by atoms with Gasteiger partial charge >= 0.3 is 0 Å². The maximum absolute atomic E-state index is 2.68. The molecule has 1 aliphatic heterocycles. The molecule has 3 rings (SSSR count). The van der Waals surface area contributed by atoms with Crippen LogP contribution >= 0.6 is 0 Å². The minimum Gasteiger partial charge on any atom is -0.300 e. The van der Waals surface area contributed by atoms with E-state index in [-0.39, 0.29) is 0 Å². The van der Waals surface area contributed by atoms with Crippen LogP contribution in [0.4, 0.5) is 0 Å². The van der Waals surface area contributed by atoms with Crippen LogP contribution in [0.15, 0.2) is 30.3 Å². The molecule has 0 aromatic heterocycles. The van der Waals surface area contributed by atoms with Gasteiger partial charge in [-0.15, -0.1) is 0 Å². The molecule has 0 amide bonds. The zero-order chi connectivity index (χ0) is 13.9. The first-order valence-electron chi connectivity index (χ1n) is 8.24. The molecule has 2 nitrogen and oxygen atoms in total. The molecule has 2 unspecified atom stereocenters. The van der Waals surface area contributed by atoms with Crippen molar-refractivity contribution < 1.29 is 0 Å². The van der Waals surface area contributed by atoms with Gasteiger partial charge in [-0.3, -0.25) is 4.90 Å². The van der Waals surface area contributed by atoms with Crippen LogP contribution in [0, 0.1) is 0 Å². The van der Waals surface area contributed by atoms with Crippen LogP contribution in [0.3, 0.4) is 0 Å². The van der Waals surface area contributed by atoms with Crippen molar-refractivity contribution in [3.63, 3.8) is 0 Å². The van der Waals surface area contributed by atoms with Crippen molar-refractivity contribution in [1.29, 1.82) is 0 Å². The maximum Gasteiger partial charge on any atom is 0.0236 e. The van der Waals surface area contributed by atoms with Crippen molar-refractivity contribution in [2.24, 2.45) is 0 Å². The number of rotatable bonds is 4. The molecule has 1 aromatic rings. The summed E-state index contributed by atoms with van der Waals surface area (Å²) in [6.07, 6.45) is 6.96. The van der Waals surface area contributed by atoms with Crippen LogP contribution in [0.25, 0.3) is 0 Å². The highest BCUT2D eigenvalue weighted by Gasteiger charge is 2.32. The quantitative estimate of drug-likeness (QED) is 0.827. The fraction of sp³-hybridized carbons (Fsp3) is 0.667. The molecule has 1 saturated carbocycles. The highest BCUT2D eigenvalue weighted by atomic mass is 15.2. The predicted molar refractivity (Wildman–Crippen MR) is 84.7 cm³/mol. The Morgan fingerprint density at radius 2 is 1.85 bits per heavy atom. The minimum atomic E-state index is 0.705. The number of hydrogen-bond acceptors (Lipinski definition) is 2. The highest BCUT2D eigenvalue weighted by molar-refractivity contribution is 5.14. The molecular formula is C18H28N2. The summed E-state index contributed by atoms with van der Waals surface area (Å²) in [5, 5.41) is 0. The summed E-state index contributed by atoms with van der Waals surface area (Å²) in [5.41, 5.74) is 1.45. The van der Waals surface area contributed by atoms with Gasteiger partial charge in [-0.1, -0.05) is 36.8 Å². The Labute approximate surface area is 123 Å². The normalized spacial score (nSPS) is 28.6. The molecular weight excluding hydrogens is 244 g/mol. The van der Waals surface area contributed by atoms with E-state index in [4.69, 9.17) is 0 Å². The molecule has 1 aromatic carbocycles. The highest BCUT2D eigenvalue weighted by Crippen LogP contribution is 2.30. The Morgan fingerprint density at radius 1 is 1.10 bits per heavy atom. The second-order valence-corrected chi connectivity index (χ2v) is 6.73. The Kier molecular flexibility index (Phi) is 4.42. The monoisotopic (exact) mass is 272 g/mol. The van der Waals surface area contributed by atoms with Gasteiger partial charge in [0.25, 0.3) is 0 Å². The maximum atomic E-state index is 2.68. The summed E-state index contributed by atoms with van der Waals surface area (Å²) in [4.78, 5) is 5.33. The second kappa shape index (κ2) is 6.28. The van der Waals surface area contributed by atoms with Crippen LogP contribution in [-0.4, -0.2) is 41.5 Å². The Morgan fingerprint density at radius 3 is 2.45 bits per heavy atom. The first-order valence-corrected chi connectivity index (χ1v) is 8.24. The van der Waals surface area contributed by atoms with Gasteiger partial charge in [0.1, 0.15) is 0 Å². The van der Waals surface area contributed by atoms with Gasteiger partial charge in [-0.25, -0.2) is 0 Å². The van der Waals surface area contributed by atoms with E-state index in [0.29, 0.717) is 6.04 Å². The standard InChI is InChI=1S/C18H28N2/c1-15-13-18(19(2)17-9-6-10-17)11-12-20(15)14-16-7-4-3-5-8-16/h3-5,7-8,15,17-18H,6,9-14H2,1-2H3. The van der Waals surface area contributed by atoms with Crippen molar-refractivity contribution in [2.75, 3.05) is 13.6 Å². The molecule has 1 heterocycles. The van der Waals surface area contributed by atoms with E-state index < -0.39 is 0 Å². The van der Waals surface area contributed by atoms with Crippen molar-refractivity contribution in [2.45, 2.75) is 63.7 Å². The van der Waals surface area contributed by atoms with E-state index in [1.807, 2.05) is 0 Å². The lowest BCUT2D eigenvalue weighted by molar-refractivity contribution is 0.0375. The average molecular weight is 272 g/mol. The van der Waals surface area contributed by atoms with E-state index in [2.05, 4.69) is 54.1 Å². The van der Waals surface area contributed by atoms with E-state index in [0.717, 1.165) is 18.6 Å². The van der Waals surface area contributed by atoms with Crippen LogP contribution in [0.1, 0.15) is 44.6 Å². The molecule has 0 radical (unpaired) electrons. The van der Waals surface area contributed by atoms with Gasteiger partial charge in [0.15, 0.2) is 0 Å². The fourth-order valence-corrected chi connectivity index (χ4v) is 3.71. The van der Waals surface area contributed by atoms with Crippen molar-refractivity contribution in [3.05, 3.63) is 35.9 Å². The molecule has 20 heavy (non-hydrogen) atoms. The number of likely N-dealkylation sites (tertiary alicyclic amines) is 1. The van der Waals surface area contributed by atoms with Gasteiger partial charge in [0.2, 0.25) is 0 Å². The van der Waals surface area contributed by atoms with Gasteiger partial charge in [-0.05, 0) is 45.2 Å². The first kappa shape index (κ1) is 14.1. The Hall–Kier alpha value is -0.860. The second-order valence-electron chi connectivity index (χ2n) is 6.73. The lowest BCUT2D eigenvalue weighted by atomic mass is 9.88. The summed E-state index contributed by atoms with van der Waals surface area (Å²) in [6.45, 7) is 4.77. The van der Waals surface area contributed by atoms with Crippen molar-refractivity contribution in [3.8, 4) is 0 Å². The zero-order valence-corrected chi connectivity index (χ0v) is 13.0. The third-order valence-corrected chi connectivity index (χ3v) is 5.44. The summed E-state index contributed by atoms with van der Waals surface area (Å²) in [5.74, 6) is 0. The minimum absolute atomic E-state index is 0.705. The van der Waals surface area contributed by atoms with E-state index >= 15 is 0 Å². The Bertz CT molecular complexity index is 413. The summed E-state index contributed by atoms with van der Waals surface area (Å²) < 4.78 is 0. The van der Waals surface area contributed by atoms with Crippen LogP contribution in [0.2, 0.25) is 0 Å². The van der Waals surface area contributed by atoms with Gasteiger partial charge < -0.3 is 4.90 Å². The fourth-order valence-electron chi connectivity index (χ4n) is 3.71. The molecule has 110 valence electrons. The molecule has 1 aliphatic carbocycles. The summed E-state index contributed by atoms with van der Waals surface area (Å²) in [6, 6.07) is 13.3. The molecule has 2 atom stereocenters. The van der Waals surface area contributed by atoms with Crippen LogP contribution in [0.5, 0.6) is 0 Å². The third-order valence-electron chi connectivity index (χ3n) is 5.44. The molecule has 2 fully saturated rings. The van der Waals surface area contributed by atoms with Crippen molar-refractivity contribution in [1.82, 2.24) is 9.80 Å². The molecule has 2 aliphatic rings. The topological polar surface area (TPSA) is 6.48 Å².